The van der Waals surface area contributed by atoms with Crippen molar-refractivity contribution in [1.29, 1.82) is 0 Å². The fourth-order valence-corrected chi connectivity index (χ4v) is 4.92. The molecule has 120 valence electrons. The molecular weight excluding hydrogens is 298 g/mol. The maximum Gasteiger partial charge on any atom is 0.244 e. The zero-order valence-corrected chi connectivity index (χ0v) is 14.2. The minimum atomic E-state index is -3.32. The largest absolute Gasteiger partial charge is 0.341 e. The number of carbonyl (C=O) groups is 1. The van der Waals surface area contributed by atoms with Crippen LogP contribution in [-0.2, 0) is 14.6 Å². The number of carbonyl (C=O) groups excluding carboxylic acids is 1. The van der Waals surface area contributed by atoms with Crippen LogP contribution in [0, 0.1) is 13.8 Å². The van der Waals surface area contributed by atoms with E-state index in [4.69, 9.17) is 0 Å². The van der Waals surface area contributed by atoms with Crippen LogP contribution in [0.25, 0.3) is 0 Å². The molecule has 0 aromatic heterocycles. The number of rotatable bonds is 3. The molecule has 3 rings (SSSR count). The Hall–Kier alpha value is -1.36. The molecule has 1 aromatic carbocycles. The van der Waals surface area contributed by atoms with Gasteiger partial charge in [-0.15, -0.1) is 0 Å². The summed E-state index contributed by atoms with van der Waals surface area (Å²) < 4.78 is 22.7. The van der Waals surface area contributed by atoms with Gasteiger partial charge in [-0.2, -0.15) is 0 Å². The van der Waals surface area contributed by atoms with Crippen molar-refractivity contribution in [3.8, 4) is 0 Å². The zero-order chi connectivity index (χ0) is 16.1. The van der Waals surface area contributed by atoms with Crippen LogP contribution in [0.2, 0.25) is 0 Å². The fraction of sp³-hybridized carbons (Fsp3) is 0.588. The van der Waals surface area contributed by atoms with Gasteiger partial charge in [0.2, 0.25) is 5.91 Å². The zero-order valence-electron chi connectivity index (χ0n) is 13.4. The summed E-state index contributed by atoms with van der Waals surface area (Å²) in [6, 6.07) is 6.41. The quantitative estimate of drug-likeness (QED) is 0.857. The molecule has 1 saturated carbocycles. The van der Waals surface area contributed by atoms with E-state index in [0.717, 1.165) is 6.42 Å². The molecular formula is C17H23NO3S. The highest BCUT2D eigenvalue weighted by molar-refractivity contribution is 7.93. The summed E-state index contributed by atoms with van der Waals surface area (Å²) in [6.07, 6.45) is 3.07. The highest BCUT2D eigenvalue weighted by atomic mass is 32.2. The molecule has 0 radical (unpaired) electrons. The lowest BCUT2D eigenvalue weighted by Crippen LogP contribution is -2.43. The summed E-state index contributed by atoms with van der Waals surface area (Å²) in [5.74, 6) is 0.141. The van der Waals surface area contributed by atoms with Gasteiger partial charge in [-0.25, -0.2) is 8.42 Å². The van der Waals surface area contributed by atoms with Gasteiger partial charge in [0.05, 0.1) is 0 Å². The van der Waals surface area contributed by atoms with E-state index < -0.39 is 14.6 Å². The minimum Gasteiger partial charge on any atom is -0.341 e. The fourth-order valence-electron chi connectivity index (χ4n) is 3.63. The van der Waals surface area contributed by atoms with Gasteiger partial charge in [-0.3, -0.25) is 4.79 Å². The smallest absolute Gasteiger partial charge is 0.244 e. The van der Waals surface area contributed by atoms with Gasteiger partial charge in [0.25, 0.3) is 0 Å². The average Bonchev–Trinajstić information content (AvgIpc) is 3.11. The minimum absolute atomic E-state index is 0.178. The Bertz CT molecular complexity index is 719. The molecule has 22 heavy (non-hydrogen) atoms. The third-order valence-electron chi connectivity index (χ3n) is 5.14. The highest BCUT2D eigenvalue weighted by Crippen LogP contribution is 2.46. The number of sulfone groups is 1. The van der Waals surface area contributed by atoms with Crippen LogP contribution < -0.4 is 0 Å². The van der Waals surface area contributed by atoms with Crippen LogP contribution in [0.3, 0.4) is 0 Å². The van der Waals surface area contributed by atoms with Crippen molar-refractivity contribution < 1.29 is 13.2 Å². The van der Waals surface area contributed by atoms with Crippen molar-refractivity contribution in [2.24, 2.45) is 0 Å². The summed E-state index contributed by atoms with van der Waals surface area (Å²) in [5.41, 5.74) is 3.77. The highest BCUT2D eigenvalue weighted by Gasteiger charge is 2.60. The Morgan fingerprint density at radius 3 is 2.50 bits per heavy atom. The number of benzene rings is 1. The van der Waals surface area contributed by atoms with Crippen molar-refractivity contribution in [1.82, 2.24) is 4.90 Å². The molecule has 1 aliphatic carbocycles. The first kappa shape index (κ1) is 15.5. The first-order valence-electron chi connectivity index (χ1n) is 7.81. The van der Waals surface area contributed by atoms with Crippen molar-refractivity contribution in [3.05, 3.63) is 34.9 Å². The van der Waals surface area contributed by atoms with Gasteiger partial charge in [-0.05, 0) is 44.2 Å². The Kier molecular flexibility index (Phi) is 3.59. The lowest BCUT2D eigenvalue weighted by Gasteiger charge is -2.22. The molecule has 0 bridgehead atoms. The van der Waals surface area contributed by atoms with Gasteiger partial charge in [0.1, 0.15) is 0 Å². The van der Waals surface area contributed by atoms with E-state index in [0.29, 0.717) is 31.8 Å². The maximum absolute atomic E-state index is 12.6. The normalized spacial score (nSPS) is 23.6. The number of amides is 1. The molecule has 5 heteroatoms. The van der Waals surface area contributed by atoms with E-state index in [1.165, 1.54) is 22.9 Å². The van der Waals surface area contributed by atoms with Gasteiger partial charge in [0, 0.05) is 25.3 Å². The van der Waals surface area contributed by atoms with E-state index in [-0.39, 0.29) is 5.91 Å². The van der Waals surface area contributed by atoms with E-state index in [9.17, 15) is 13.2 Å². The van der Waals surface area contributed by atoms with Crippen LogP contribution in [0.15, 0.2) is 18.2 Å². The van der Waals surface area contributed by atoms with Gasteiger partial charge < -0.3 is 4.90 Å². The Morgan fingerprint density at radius 2 is 1.95 bits per heavy atom. The molecule has 1 amide bonds. The molecule has 0 spiro atoms. The molecule has 1 atom stereocenters. The number of aryl methyl sites for hydroxylation is 2. The second-order valence-electron chi connectivity index (χ2n) is 6.86. The third-order valence-corrected chi connectivity index (χ3v) is 7.15. The van der Waals surface area contributed by atoms with Gasteiger partial charge >= 0.3 is 0 Å². The second-order valence-corrected chi connectivity index (χ2v) is 9.19. The number of hydrogen-bond donors (Lipinski definition) is 0. The van der Waals surface area contributed by atoms with Crippen molar-refractivity contribution in [2.75, 3.05) is 19.3 Å². The number of likely N-dealkylation sites (tertiary alicyclic amines) is 1. The molecule has 1 saturated heterocycles. The summed E-state index contributed by atoms with van der Waals surface area (Å²) in [4.78, 5) is 14.4. The molecule has 1 aliphatic heterocycles. The topological polar surface area (TPSA) is 54.5 Å². The first-order valence-corrected chi connectivity index (χ1v) is 9.70. The lowest BCUT2D eigenvalue weighted by atomic mass is 9.93. The predicted molar refractivity (Wildman–Crippen MR) is 86.7 cm³/mol. The molecule has 0 unspecified atom stereocenters. The predicted octanol–water partition coefficient (Wildman–Crippen LogP) is 2.20. The Balaban J connectivity index is 1.77. The van der Waals surface area contributed by atoms with Crippen LogP contribution in [0.4, 0.5) is 0 Å². The Morgan fingerprint density at radius 1 is 1.27 bits per heavy atom. The van der Waals surface area contributed by atoms with Crippen molar-refractivity contribution in [2.45, 2.75) is 43.8 Å². The third kappa shape index (κ3) is 2.45. The van der Waals surface area contributed by atoms with Gasteiger partial charge in [-0.1, -0.05) is 23.8 Å². The van der Waals surface area contributed by atoms with Crippen LogP contribution in [0.1, 0.15) is 41.9 Å². The maximum atomic E-state index is 12.6. The van der Waals surface area contributed by atoms with E-state index in [1.807, 2.05) is 0 Å². The summed E-state index contributed by atoms with van der Waals surface area (Å²) in [6.45, 7) is 5.48. The lowest BCUT2D eigenvalue weighted by molar-refractivity contribution is -0.130. The Labute approximate surface area is 132 Å². The summed E-state index contributed by atoms with van der Waals surface area (Å²) >= 11 is 0. The van der Waals surface area contributed by atoms with Gasteiger partial charge in [0.15, 0.2) is 14.6 Å². The molecule has 1 aromatic rings. The molecule has 1 heterocycles. The standard InChI is InChI=1S/C17H23NO3S/c1-12-4-5-15(13(2)10-12)14-6-9-18(11-14)16(19)17(7-8-17)22(3,20)21/h4-5,10,14H,6-9,11H2,1-3H3/t14-/m0/s1. The molecule has 0 N–H and O–H groups in total. The number of nitrogens with zero attached hydrogens (tertiary/aromatic N) is 1. The van der Waals surface area contributed by atoms with E-state index in [1.54, 1.807) is 4.90 Å². The van der Waals surface area contributed by atoms with Crippen LogP contribution >= 0.6 is 0 Å². The van der Waals surface area contributed by atoms with Crippen molar-refractivity contribution in [3.63, 3.8) is 0 Å². The first-order chi connectivity index (χ1) is 10.2. The summed E-state index contributed by atoms with van der Waals surface area (Å²) in [7, 11) is -3.32. The van der Waals surface area contributed by atoms with E-state index in [2.05, 4.69) is 32.0 Å². The molecule has 2 aliphatic rings. The SMILES string of the molecule is Cc1ccc([C@H]2CCN(C(=O)C3(S(C)(=O)=O)CC3)C2)c(C)c1. The summed E-state index contributed by atoms with van der Waals surface area (Å²) in [5, 5.41) is 0. The molecule has 2 fully saturated rings. The average molecular weight is 321 g/mol. The molecule has 4 nitrogen and oxygen atoms in total. The second kappa shape index (κ2) is 5.08. The van der Waals surface area contributed by atoms with Crippen LogP contribution in [-0.4, -0.2) is 43.3 Å². The number of hydrogen-bond acceptors (Lipinski definition) is 3. The van der Waals surface area contributed by atoms with E-state index >= 15 is 0 Å². The monoisotopic (exact) mass is 321 g/mol. The van der Waals surface area contributed by atoms with Crippen LogP contribution in [0.5, 0.6) is 0 Å². The van der Waals surface area contributed by atoms with Crippen molar-refractivity contribution >= 4 is 15.7 Å².